The number of benzene rings is 2. The number of likely N-dealkylation sites (tertiary alicyclic amines) is 1. The second-order valence-corrected chi connectivity index (χ2v) is 7.85. The molecule has 1 fully saturated rings. The first-order valence-electron chi connectivity index (χ1n) is 9.84. The number of fused-ring (bicyclic) bond motifs is 2. The van der Waals surface area contributed by atoms with Crippen molar-refractivity contribution in [2.24, 2.45) is 5.92 Å². The number of hydrogen-bond donors (Lipinski definition) is 0. The molecule has 0 radical (unpaired) electrons. The van der Waals surface area contributed by atoms with Gasteiger partial charge in [0.15, 0.2) is 0 Å². The van der Waals surface area contributed by atoms with Gasteiger partial charge in [0.2, 0.25) is 0 Å². The quantitative estimate of drug-likeness (QED) is 0.459. The van der Waals surface area contributed by atoms with Gasteiger partial charge in [-0.2, -0.15) is 0 Å². The Bertz CT molecular complexity index is 1060. The van der Waals surface area contributed by atoms with E-state index in [-0.39, 0.29) is 0 Å². The van der Waals surface area contributed by atoms with Crippen LogP contribution >= 0.6 is 0 Å². The molecule has 0 N–H and O–H groups in total. The lowest BCUT2D eigenvalue weighted by Gasteiger charge is -2.30. The van der Waals surface area contributed by atoms with Crippen LogP contribution in [0.4, 0.5) is 0 Å². The van der Waals surface area contributed by atoms with E-state index in [1.165, 1.54) is 36.9 Å². The largest absolute Gasteiger partial charge is 0.456 e. The molecule has 27 heavy (non-hydrogen) atoms. The molecule has 0 bridgehead atoms. The van der Waals surface area contributed by atoms with E-state index in [2.05, 4.69) is 47.1 Å². The first-order chi connectivity index (χ1) is 13.3. The van der Waals surface area contributed by atoms with Crippen molar-refractivity contribution >= 4 is 21.7 Å². The summed E-state index contributed by atoms with van der Waals surface area (Å²) >= 11 is 0. The minimum atomic E-state index is 0.864. The molecule has 5 rings (SSSR count). The highest BCUT2D eigenvalue weighted by Crippen LogP contribution is 2.33. The zero-order valence-electron chi connectivity index (χ0n) is 15.7. The van der Waals surface area contributed by atoms with Crippen molar-refractivity contribution in [1.82, 2.24) is 9.88 Å². The molecule has 0 unspecified atom stereocenters. The Balaban J connectivity index is 1.52. The van der Waals surface area contributed by atoms with Gasteiger partial charge in [-0.05, 0) is 61.0 Å². The number of aromatic nitrogens is 1. The predicted molar refractivity (Wildman–Crippen MR) is 111 cm³/mol. The van der Waals surface area contributed by atoms with Crippen LogP contribution in [0.2, 0.25) is 0 Å². The van der Waals surface area contributed by atoms with Crippen molar-refractivity contribution in [3.05, 3.63) is 66.5 Å². The van der Waals surface area contributed by atoms with E-state index >= 15 is 0 Å². The summed E-state index contributed by atoms with van der Waals surface area (Å²) in [5.41, 5.74) is 3.35. The summed E-state index contributed by atoms with van der Waals surface area (Å²) in [6, 6.07) is 17.0. The maximum atomic E-state index is 6.11. The van der Waals surface area contributed by atoms with Crippen molar-refractivity contribution in [3.8, 4) is 11.3 Å². The van der Waals surface area contributed by atoms with Crippen molar-refractivity contribution in [2.45, 2.75) is 26.3 Å². The third kappa shape index (κ3) is 3.24. The zero-order valence-corrected chi connectivity index (χ0v) is 15.7. The zero-order chi connectivity index (χ0) is 18.2. The summed E-state index contributed by atoms with van der Waals surface area (Å²) in [5.74, 6) is 1.75. The van der Waals surface area contributed by atoms with Gasteiger partial charge >= 0.3 is 0 Å². The van der Waals surface area contributed by atoms with E-state index in [0.29, 0.717) is 0 Å². The number of pyridine rings is 1. The Labute approximate surface area is 159 Å². The Morgan fingerprint density at radius 3 is 2.70 bits per heavy atom. The summed E-state index contributed by atoms with van der Waals surface area (Å²) in [7, 11) is 0. The fourth-order valence-corrected chi connectivity index (χ4v) is 4.10. The molecule has 3 nitrogen and oxygen atoms in total. The molecule has 1 aliphatic heterocycles. The van der Waals surface area contributed by atoms with Crippen LogP contribution in [0.3, 0.4) is 0 Å². The predicted octanol–water partition coefficient (Wildman–Crippen LogP) is 5.88. The van der Waals surface area contributed by atoms with Crippen molar-refractivity contribution in [3.63, 3.8) is 0 Å². The molecule has 136 valence electrons. The van der Waals surface area contributed by atoms with Crippen molar-refractivity contribution in [2.75, 3.05) is 13.1 Å². The summed E-state index contributed by atoms with van der Waals surface area (Å²) in [6.07, 6.45) is 6.48. The highest BCUT2D eigenvalue weighted by molar-refractivity contribution is 5.97. The topological polar surface area (TPSA) is 29.3 Å². The van der Waals surface area contributed by atoms with Crippen molar-refractivity contribution in [1.29, 1.82) is 0 Å². The monoisotopic (exact) mass is 356 g/mol. The maximum absolute atomic E-state index is 6.11. The molecule has 1 aliphatic rings. The lowest BCUT2D eigenvalue weighted by Crippen LogP contribution is -2.32. The molecule has 3 heteroatoms. The minimum Gasteiger partial charge on any atom is -0.456 e. The summed E-state index contributed by atoms with van der Waals surface area (Å²) < 4.78 is 6.11. The van der Waals surface area contributed by atoms with Gasteiger partial charge in [0.1, 0.15) is 11.3 Å². The molecule has 3 heterocycles. The summed E-state index contributed by atoms with van der Waals surface area (Å²) in [6.45, 7) is 5.78. The summed E-state index contributed by atoms with van der Waals surface area (Å²) in [4.78, 5) is 7.02. The second-order valence-electron chi connectivity index (χ2n) is 7.85. The lowest BCUT2D eigenvalue weighted by molar-refractivity contribution is 0.185. The molecular weight excluding hydrogens is 332 g/mol. The van der Waals surface area contributed by atoms with Gasteiger partial charge in [0.05, 0.1) is 0 Å². The molecule has 4 aromatic rings. The first kappa shape index (κ1) is 16.5. The average Bonchev–Trinajstić information content (AvgIpc) is 3.13. The molecule has 2 aromatic carbocycles. The highest BCUT2D eigenvalue weighted by atomic mass is 16.3. The SMILES string of the molecule is CC1CCN(Cc2ccc3cncc(-c4cc5ccccc5o4)c3c2)CC1. The van der Waals surface area contributed by atoms with E-state index in [0.717, 1.165) is 40.1 Å². The first-order valence-corrected chi connectivity index (χ1v) is 9.84. The van der Waals surface area contributed by atoms with Gasteiger partial charge in [-0.3, -0.25) is 9.88 Å². The van der Waals surface area contributed by atoms with Crippen molar-refractivity contribution < 1.29 is 4.42 Å². The second kappa shape index (κ2) is 6.82. The Morgan fingerprint density at radius 1 is 1.00 bits per heavy atom. The molecular formula is C24H24N2O. The number of furan rings is 1. The third-order valence-corrected chi connectivity index (χ3v) is 5.80. The van der Waals surface area contributed by atoms with E-state index in [1.807, 2.05) is 30.6 Å². The number of hydrogen-bond acceptors (Lipinski definition) is 3. The highest BCUT2D eigenvalue weighted by Gasteiger charge is 2.16. The van der Waals surface area contributed by atoms with E-state index in [9.17, 15) is 0 Å². The lowest BCUT2D eigenvalue weighted by atomic mass is 9.98. The molecule has 0 spiro atoms. The van der Waals surface area contributed by atoms with Crippen LogP contribution in [-0.2, 0) is 6.54 Å². The maximum Gasteiger partial charge on any atom is 0.137 e. The minimum absolute atomic E-state index is 0.864. The molecule has 0 atom stereocenters. The number of rotatable bonds is 3. The van der Waals surface area contributed by atoms with Gasteiger partial charge < -0.3 is 4.42 Å². The van der Waals surface area contributed by atoms with Crippen LogP contribution in [0.15, 0.2) is 65.3 Å². The molecule has 2 aromatic heterocycles. The van der Waals surface area contributed by atoms with E-state index in [4.69, 9.17) is 4.42 Å². The van der Waals surface area contributed by atoms with E-state index in [1.54, 1.807) is 0 Å². The Morgan fingerprint density at radius 2 is 1.85 bits per heavy atom. The molecule has 0 aliphatic carbocycles. The number of piperidine rings is 1. The van der Waals surface area contributed by atoms with Gasteiger partial charge in [-0.1, -0.05) is 37.3 Å². The third-order valence-electron chi connectivity index (χ3n) is 5.80. The van der Waals surface area contributed by atoms with Crippen LogP contribution in [0.5, 0.6) is 0 Å². The fourth-order valence-electron chi connectivity index (χ4n) is 4.10. The van der Waals surface area contributed by atoms with Gasteiger partial charge in [0, 0.05) is 35.3 Å². The van der Waals surface area contributed by atoms with Crippen LogP contribution in [0.1, 0.15) is 25.3 Å². The van der Waals surface area contributed by atoms with Gasteiger partial charge in [-0.25, -0.2) is 0 Å². The molecule has 0 amide bonds. The van der Waals surface area contributed by atoms with Crippen LogP contribution in [0.25, 0.3) is 33.1 Å². The molecule has 1 saturated heterocycles. The van der Waals surface area contributed by atoms with Crippen LogP contribution < -0.4 is 0 Å². The normalized spacial score (nSPS) is 16.3. The molecule has 0 saturated carbocycles. The number of nitrogens with zero attached hydrogens (tertiary/aromatic N) is 2. The Kier molecular flexibility index (Phi) is 4.17. The standard InChI is InChI=1S/C24H24N2O/c1-17-8-10-26(11-9-17)16-18-6-7-20-14-25-15-22(21(20)12-18)24-13-19-4-2-3-5-23(19)27-24/h2-7,12-15,17H,8-11,16H2,1H3. The fraction of sp³-hybridized carbons (Fsp3) is 0.292. The van der Waals surface area contributed by atoms with Crippen LogP contribution in [0, 0.1) is 5.92 Å². The van der Waals surface area contributed by atoms with Crippen LogP contribution in [-0.4, -0.2) is 23.0 Å². The van der Waals surface area contributed by atoms with Gasteiger partial charge in [0.25, 0.3) is 0 Å². The summed E-state index contributed by atoms with van der Waals surface area (Å²) in [5, 5.41) is 3.50. The Hall–Kier alpha value is -2.65. The number of para-hydroxylation sites is 1. The smallest absolute Gasteiger partial charge is 0.137 e. The van der Waals surface area contributed by atoms with Gasteiger partial charge in [-0.15, -0.1) is 0 Å². The average molecular weight is 356 g/mol. The van der Waals surface area contributed by atoms with E-state index < -0.39 is 0 Å².